The molecule has 0 saturated heterocycles. The van der Waals surface area contributed by atoms with Gasteiger partial charge in [0.1, 0.15) is 5.75 Å². The molecule has 0 unspecified atom stereocenters. The Kier molecular flexibility index (Phi) is 5.92. The number of aryl methyl sites for hydroxylation is 2. The largest absolute Gasteiger partial charge is 0.454 e. The lowest BCUT2D eigenvalue weighted by Gasteiger charge is -2.17. The molecule has 1 aromatic heterocycles. The van der Waals surface area contributed by atoms with E-state index in [-0.39, 0.29) is 17.0 Å². The maximum Gasteiger partial charge on any atom is 0.258 e. The van der Waals surface area contributed by atoms with E-state index in [9.17, 15) is 17.6 Å². The second kappa shape index (κ2) is 8.95. The Hall–Kier alpha value is -3.91. The quantitative estimate of drug-likeness (QED) is 0.325. The molecule has 0 amide bonds. The van der Waals surface area contributed by atoms with Gasteiger partial charge in [0.15, 0.2) is 11.6 Å². The van der Waals surface area contributed by atoms with Gasteiger partial charge in [-0.05, 0) is 78.6 Å². The van der Waals surface area contributed by atoms with Crippen LogP contribution < -0.4 is 15.0 Å². The van der Waals surface area contributed by atoms with Crippen molar-refractivity contribution in [1.82, 2.24) is 4.57 Å². The van der Waals surface area contributed by atoms with Crippen LogP contribution in [0.3, 0.4) is 0 Å². The van der Waals surface area contributed by atoms with Crippen molar-refractivity contribution in [3.63, 3.8) is 0 Å². The van der Waals surface area contributed by atoms with Gasteiger partial charge < -0.3 is 9.30 Å². The molecule has 184 valence electrons. The molecule has 1 fully saturated rings. The minimum absolute atomic E-state index is 0.0337. The van der Waals surface area contributed by atoms with Gasteiger partial charge in [-0.1, -0.05) is 24.8 Å². The number of rotatable bonds is 7. The highest BCUT2D eigenvalue weighted by Gasteiger charge is 2.25. The molecule has 1 N–H and O–H groups in total. The van der Waals surface area contributed by atoms with Crippen molar-refractivity contribution in [2.75, 3.05) is 4.72 Å². The van der Waals surface area contributed by atoms with E-state index in [4.69, 9.17) is 4.74 Å². The van der Waals surface area contributed by atoms with Crippen molar-refractivity contribution in [1.29, 1.82) is 0 Å². The number of benzene rings is 3. The number of hydrogen-bond donors (Lipinski definition) is 1. The van der Waals surface area contributed by atoms with Gasteiger partial charge in [0, 0.05) is 40.9 Å². The summed E-state index contributed by atoms with van der Waals surface area (Å²) in [4.78, 5) is 13.0. The second-order valence-corrected chi connectivity index (χ2v) is 10.7. The number of sulfonamides is 1. The summed E-state index contributed by atoms with van der Waals surface area (Å²) in [5.74, 6) is 0.302. The van der Waals surface area contributed by atoms with Gasteiger partial charge in [0.25, 0.3) is 15.6 Å². The third-order valence-electron chi connectivity index (χ3n) is 6.31. The maximum absolute atomic E-state index is 14.6. The van der Waals surface area contributed by atoms with Crippen LogP contribution in [-0.4, -0.2) is 13.0 Å². The zero-order valence-corrected chi connectivity index (χ0v) is 20.7. The number of aromatic nitrogens is 1. The van der Waals surface area contributed by atoms with Crippen molar-refractivity contribution in [2.45, 2.75) is 25.7 Å². The lowest BCUT2D eigenvalue weighted by atomic mass is 9.97. The van der Waals surface area contributed by atoms with E-state index >= 15 is 0 Å². The molecule has 8 heteroatoms. The van der Waals surface area contributed by atoms with Crippen molar-refractivity contribution in [3.8, 4) is 22.6 Å². The van der Waals surface area contributed by atoms with E-state index in [2.05, 4.69) is 11.3 Å². The summed E-state index contributed by atoms with van der Waals surface area (Å²) in [5, 5.41) is 2.07. The molecule has 0 spiro atoms. The Balaban J connectivity index is 1.72. The molecule has 5 rings (SSSR count). The van der Waals surface area contributed by atoms with Crippen molar-refractivity contribution < 1.29 is 17.5 Å². The summed E-state index contributed by atoms with van der Waals surface area (Å²) in [6.45, 7) is 5.12. The average Bonchev–Trinajstić information content (AvgIpc) is 3.69. The zero-order valence-electron chi connectivity index (χ0n) is 19.9. The summed E-state index contributed by atoms with van der Waals surface area (Å²) in [5.41, 5.74) is 3.17. The number of nitrogens with one attached hydrogen (secondary N) is 1. The lowest BCUT2D eigenvalue weighted by Crippen LogP contribution is -2.17. The van der Waals surface area contributed by atoms with Crippen LogP contribution in [-0.2, 0) is 17.1 Å². The smallest absolute Gasteiger partial charge is 0.258 e. The average molecular weight is 505 g/mol. The van der Waals surface area contributed by atoms with Gasteiger partial charge in [-0.25, -0.2) is 12.8 Å². The van der Waals surface area contributed by atoms with Crippen molar-refractivity contribution in [2.24, 2.45) is 7.05 Å². The predicted octanol–water partition coefficient (Wildman–Crippen LogP) is 6.21. The molecule has 0 aliphatic heterocycles. The first kappa shape index (κ1) is 23.8. The Bertz CT molecular complexity index is 1690. The minimum Gasteiger partial charge on any atom is -0.454 e. The first-order valence-corrected chi connectivity index (χ1v) is 13.1. The fraction of sp³-hybridized carbons (Fsp3) is 0.179. The van der Waals surface area contributed by atoms with Crippen molar-refractivity contribution >= 4 is 26.5 Å². The number of ether oxygens (including phenoxy) is 1. The van der Waals surface area contributed by atoms with Crippen LogP contribution in [0.2, 0.25) is 0 Å². The number of hydrogen-bond acceptors (Lipinski definition) is 4. The summed E-state index contributed by atoms with van der Waals surface area (Å²) in [6.07, 6.45) is 3.90. The molecule has 0 radical (unpaired) electrons. The molecule has 6 nitrogen and oxygen atoms in total. The zero-order chi connectivity index (χ0) is 25.6. The van der Waals surface area contributed by atoms with Crippen LogP contribution in [0.5, 0.6) is 11.5 Å². The molecule has 0 bridgehead atoms. The van der Waals surface area contributed by atoms with Crippen LogP contribution in [0, 0.1) is 12.7 Å². The van der Waals surface area contributed by atoms with Gasteiger partial charge in [0.05, 0.1) is 0 Å². The highest BCUT2D eigenvalue weighted by atomic mass is 32.2. The number of pyridine rings is 1. The highest BCUT2D eigenvalue weighted by Crippen LogP contribution is 2.43. The van der Waals surface area contributed by atoms with Gasteiger partial charge in [0.2, 0.25) is 0 Å². The first-order valence-electron chi connectivity index (χ1n) is 11.5. The normalized spacial score (nSPS) is 13.5. The van der Waals surface area contributed by atoms with E-state index < -0.39 is 15.8 Å². The van der Waals surface area contributed by atoms with E-state index in [1.807, 2.05) is 18.2 Å². The van der Waals surface area contributed by atoms with Gasteiger partial charge in [-0.15, -0.1) is 0 Å². The van der Waals surface area contributed by atoms with Gasteiger partial charge in [-0.3, -0.25) is 9.52 Å². The standard InChI is InChI=1S/C28H25FN2O4S/c1-4-36(33,34)30-20-9-12-26(35-27-11-5-17(2)13-25(27)29)22(15-20)24-16-31(3)28(32)23-14-19(18-6-7-18)8-10-21(23)24/h4-5,8-16,18,30H,1,6-7H2,2-3H3. The van der Waals surface area contributed by atoms with E-state index in [0.717, 1.165) is 29.4 Å². The molecule has 1 saturated carbocycles. The SMILES string of the molecule is C=CS(=O)(=O)Nc1ccc(Oc2ccc(C)cc2F)c(-c2cn(C)c(=O)c3cc(C4CC4)ccc23)c1. The highest BCUT2D eigenvalue weighted by molar-refractivity contribution is 7.95. The maximum atomic E-state index is 14.6. The van der Waals surface area contributed by atoms with E-state index in [1.54, 1.807) is 44.4 Å². The molecular formula is C28H25FN2O4S. The Morgan fingerprint density at radius 1 is 1.03 bits per heavy atom. The van der Waals surface area contributed by atoms with Gasteiger partial charge >= 0.3 is 0 Å². The van der Waals surface area contributed by atoms with E-state index in [1.165, 1.54) is 16.7 Å². The summed E-state index contributed by atoms with van der Waals surface area (Å²) >= 11 is 0. The van der Waals surface area contributed by atoms with Crippen LogP contribution in [0.15, 0.2) is 77.6 Å². The third-order valence-corrected chi connectivity index (χ3v) is 7.27. The lowest BCUT2D eigenvalue weighted by molar-refractivity contribution is 0.443. The fourth-order valence-corrected chi connectivity index (χ4v) is 4.82. The molecule has 1 heterocycles. The monoisotopic (exact) mass is 504 g/mol. The number of fused-ring (bicyclic) bond motifs is 1. The van der Waals surface area contributed by atoms with Crippen LogP contribution in [0.25, 0.3) is 21.9 Å². The number of anilines is 1. The third kappa shape index (κ3) is 4.64. The molecule has 36 heavy (non-hydrogen) atoms. The Labute approximate surface area is 208 Å². The number of nitrogens with zero attached hydrogens (tertiary/aromatic N) is 1. The predicted molar refractivity (Wildman–Crippen MR) is 141 cm³/mol. The Morgan fingerprint density at radius 3 is 2.47 bits per heavy atom. The molecule has 0 atom stereocenters. The van der Waals surface area contributed by atoms with Crippen LogP contribution in [0.1, 0.15) is 29.9 Å². The second-order valence-electron chi connectivity index (χ2n) is 9.10. The topological polar surface area (TPSA) is 77.4 Å². The summed E-state index contributed by atoms with van der Waals surface area (Å²) in [6, 6.07) is 15.2. The minimum atomic E-state index is -3.76. The Morgan fingerprint density at radius 2 is 1.78 bits per heavy atom. The molecular weight excluding hydrogens is 479 g/mol. The van der Waals surface area contributed by atoms with E-state index in [0.29, 0.717) is 33.6 Å². The van der Waals surface area contributed by atoms with Crippen LogP contribution in [0.4, 0.5) is 10.1 Å². The first-order chi connectivity index (χ1) is 17.1. The van der Waals surface area contributed by atoms with Crippen LogP contribution >= 0.6 is 0 Å². The molecule has 1 aliphatic rings. The molecule has 1 aliphatic carbocycles. The van der Waals surface area contributed by atoms with Gasteiger partial charge in [-0.2, -0.15) is 0 Å². The molecule has 3 aromatic carbocycles. The molecule has 4 aromatic rings. The summed E-state index contributed by atoms with van der Waals surface area (Å²) < 4.78 is 48.8. The number of halogens is 1. The summed E-state index contributed by atoms with van der Waals surface area (Å²) in [7, 11) is -2.10. The fourth-order valence-electron chi connectivity index (χ4n) is 4.28. The van der Waals surface area contributed by atoms with Crippen molar-refractivity contribution in [3.05, 3.63) is 100 Å².